The van der Waals surface area contributed by atoms with Gasteiger partial charge in [-0.25, -0.2) is 4.39 Å². The maximum Gasteiger partial charge on any atom is 0.235 e. The van der Waals surface area contributed by atoms with Crippen molar-refractivity contribution in [2.24, 2.45) is 0 Å². The van der Waals surface area contributed by atoms with E-state index in [0.29, 0.717) is 15.8 Å². The summed E-state index contributed by atoms with van der Waals surface area (Å²) in [4.78, 5) is 4.56. The van der Waals surface area contributed by atoms with Crippen LogP contribution in [-0.2, 0) is 0 Å². The second-order valence-electron chi connectivity index (χ2n) is 4.49. The average molecular weight is 332 g/mol. The molecule has 0 atom stereocenters. The van der Waals surface area contributed by atoms with E-state index in [1.165, 1.54) is 34.1 Å². The Labute approximate surface area is 133 Å². The zero-order valence-corrected chi connectivity index (χ0v) is 12.5. The fraction of sp³-hybridized carbons (Fsp3) is 0. The lowest BCUT2D eigenvalue weighted by Gasteiger charge is -2.00. The topological polar surface area (TPSA) is 56.0 Å². The van der Waals surface area contributed by atoms with E-state index in [4.69, 9.17) is 11.6 Å². The van der Waals surface area contributed by atoms with Gasteiger partial charge >= 0.3 is 0 Å². The molecule has 0 radical (unpaired) electrons. The fourth-order valence-corrected chi connectivity index (χ4v) is 3.08. The third-order valence-corrected chi connectivity index (χ3v) is 4.27. The zero-order chi connectivity index (χ0) is 15.1. The molecule has 5 nitrogen and oxygen atoms in total. The molecule has 0 saturated heterocycles. The van der Waals surface area contributed by atoms with Gasteiger partial charge in [0, 0.05) is 23.0 Å². The van der Waals surface area contributed by atoms with E-state index in [0.717, 1.165) is 10.6 Å². The molecule has 0 bridgehead atoms. The molecule has 0 spiro atoms. The molecule has 4 aromatic rings. The van der Waals surface area contributed by atoms with Gasteiger partial charge in [0.15, 0.2) is 5.82 Å². The van der Waals surface area contributed by atoms with Crippen LogP contribution in [0.3, 0.4) is 0 Å². The molecular formula is C14H7ClFN5S. The van der Waals surface area contributed by atoms with Gasteiger partial charge in [-0.3, -0.25) is 4.98 Å². The Morgan fingerprint density at radius 1 is 1.09 bits per heavy atom. The molecule has 0 unspecified atom stereocenters. The van der Waals surface area contributed by atoms with Crippen LogP contribution < -0.4 is 0 Å². The zero-order valence-electron chi connectivity index (χ0n) is 10.9. The number of halogens is 2. The predicted octanol–water partition coefficient (Wildman–Crippen LogP) is 3.71. The van der Waals surface area contributed by atoms with Gasteiger partial charge in [-0.05, 0) is 30.3 Å². The molecule has 0 aliphatic heterocycles. The van der Waals surface area contributed by atoms with Crippen molar-refractivity contribution in [1.82, 2.24) is 24.8 Å². The van der Waals surface area contributed by atoms with Crippen LogP contribution in [0.1, 0.15) is 0 Å². The molecule has 4 rings (SSSR count). The van der Waals surface area contributed by atoms with Crippen molar-refractivity contribution >= 4 is 27.9 Å². The first kappa shape index (κ1) is 13.3. The second kappa shape index (κ2) is 5.11. The monoisotopic (exact) mass is 331 g/mol. The predicted molar refractivity (Wildman–Crippen MR) is 82.3 cm³/mol. The van der Waals surface area contributed by atoms with E-state index in [1.807, 2.05) is 12.1 Å². The number of nitrogens with zero attached hydrogens (tertiary/aromatic N) is 5. The molecule has 8 heteroatoms. The number of pyridine rings is 1. The van der Waals surface area contributed by atoms with Crippen LogP contribution in [0.4, 0.5) is 4.39 Å². The minimum absolute atomic E-state index is 0.270. The molecule has 0 saturated carbocycles. The number of hydrogen-bond acceptors (Lipinski definition) is 5. The third kappa shape index (κ3) is 2.15. The maximum absolute atomic E-state index is 14.0. The summed E-state index contributed by atoms with van der Waals surface area (Å²) in [5.41, 5.74) is 1.19. The van der Waals surface area contributed by atoms with Gasteiger partial charge in [0.1, 0.15) is 10.8 Å². The average Bonchev–Trinajstić information content (AvgIpc) is 3.11. The standard InChI is InChI=1S/C14H7ClFN5S/c15-9-1-2-11(16)10(7-9)12-18-19-14-21(12)20-13(22-14)8-3-5-17-6-4-8/h1-7H. The molecule has 1 aromatic carbocycles. The number of rotatable bonds is 2. The fourth-order valence-electron chi connectivity index (χ4n) is 2.06. The van der Waals surface area contributed by atoms with Crippen LogP contribution >= 0.6 is 22.9 Å². The number of hydrogen-bond donors (Lipinski definition) is 0. The first-order valence-corrected chi connectivity index (χ1v) is 7.50. The summed E-state index contributed by atoms with van der Waals surface area (Å²) in [6.07, 6.45) is 3.38. The van der Waals surface area contributed by atoms with E-state index < -0.39 is 5.82 Å². The van der Waals surface area contributed by atoms with Crippen molar-refractivity contribution in [3.05, 3.63) is 53.6 Å². The Hall–Kier alpha value is -2.38. The maximum atomic E-state index is 14.0. The van der Waals surface area contributed by atoms with Gasteiger partial charge in [-0.1, -0.05) is 22.9 Å². The lowest BCUT2D eigenvalue weighted by Crippen LogP contribution is -1.93. The van der Waals surface area contributed by atoms with Crippen LogP contribution in [0.15, 0.2) is 42.7 Å². The smallest absolute Gasteiger partial charge is 0.235 e. The summed E-state index contributed by atoms with van der Waals surface area (Å²) in [5.74, 6) is -0.0938. The Morgan fingerprint density at radius 2 is 1.91 bits per heavy atom. The van der Waals surface area contributed by atoms with Crippen LogP contribution in [-0.4, -0.2) is 24.8 Å². The highest BCUT2D eigenvalue weighted by molar-refractivity contribution is 7.19. The Bertz CT molecular complexity index is 966. The number of benzene rings is 1. The molecule has 108 valence electrons. The number of aromatic nitrogens is 5. The van der Waals surface area contributed by atoms with Crippen molar-refractivity contribution < 1.29 is 4.39 Å². The van der Waals surface area contributed by atoms with Gasteiger partial charge < -0.3 is 0 Å². The minimum atomic E-state index is -0.419. The quantitative estimate of drug-likeness (QED) is 0.562. The summed E-state index contributed by atoms with van der Waals surface area (Å²) in [5, 5.41) is 13.7. The van der Waals surface area contributed by atoms with E-state index in [2.05, 4.69) is 20.3 Å². The first-order valence-electron chi connectivity index (χ1n) is 6.30. The summed E-state index contributed by atoms with van der Waals surface area (Å²) in [7, 11) is 0. The molecule has 22 heavy (non-hydrogen) atoms. The van der Waals surface area contributed by atoms with E-state index in [-0.39, 0.29) is 5.56 Å². The van der Waals surface area contributed by atoms with Crippen molar-refractivity contribution in [3.8, 4) is 22.0 Å². The Morgan fingerprint density at radius 3 is 2.73 bits per heavy atom. The van der Waals surface area contributed by atoms with E-state index in [9.17, 15) is 4.39 Å². The molecule has 0 fully saturated rings. The molecular weight excluding hydrogens is 325 g/mol. The first-order chi connectivity index (χ1) is 10.7. The second-order valence-corrected chi connectivity index (χ2v) is 5.88. The van der Waals surface area contributed by atoms with Crippen molar-refractivity contribution in [3.63, 3.8) is 0 Å². The van der Waals surface area contributed by atoms with Crippen LogP contribution in [0.5, 0.6) is 0 Å². The van der Waals surface area contributed by atoms with Crippen LogP contribution in [0.25, 0.3) is 26.9 Å². The summed E-state index contributed by atoms with van der Waals surface area (Å²) >= 11 is 7.31. The highest BCUT2D eigenvalue weighted by Gasteiger charge is 2.17. The van der Waals surface area contributed by atoms with Crippen molar-refractivity contribution in [1.29, 1.82) is 0 Å². The third-order valence-electron chi connectivity index (χ3n) is 3.09. The lowest BCUT2D eigenvalue weighted by molar-refractivity contribution is 0.629. The normalized spacial score (nSPS) is 11.2. The molecule has 0 aliphatic carbocycles. The molecule has 0 amide bonds. The van der Waals surface area contributed by atoms with Gasteiger partial charge in [0.2, 0.25) is 4.96 Å². The Kier molecular flexibility index (Phi) is 3.09. The van der Waals surface area contributed by atoms with Gasteiger partial charge in [0.25, 0.3) is 0 Å². The van der Waals surface area contributed by atoms with Gasteiger partial charge in [-0.2, -0.15) is 9.61 Å². The van der Waals surface area contributed by atoms with E-state index >= 15 is 0 Å². The highest BCUT2D eigenvalue weighted by Crippen LogP contribution is 2.29. The Balaban J connectivity index is 1.90. The van der Waals surface area contributed by atoms with Gasteiger partial charge in [-0.15, -0.1) is 10.2 Å². The largest absolute Gasteiger partial charge is 0.265 e. The van der Waals surface area contributed by atoms with Crippen LogP contribution in [0, 0.1) is 5.82 Å². The molecule has 3 heterocycles. The molecule has 3 aromatic heterocycles. The SMILES string of the molecule is Fc1ccc(Cl)cc1-c1nnc2sc(-c3ccncc3)nn12. The van der Waals surface area contributed by atoms with Crippen molar-refractivity contribution in [2.45, 2.75) is 0 Å². The summed E-state index contributed by atoms with van der Waals surface area (Å²) < 4.78 is 15.5. The molecule has 0 aliphatic rings. The number of fused-ring (bicyclic) bond motifs is 1. The van der Waals surface area contributed by atoms with Gasteiger partial charge in [0.05, 0.1) is 5.56 Å². The van der Waals surface area contributed by atoms with E-state index in [1.54, 1.807) is 12.4 Å². The molecule has 0 N–H and O–H groups in total. The van der Waals surface area contributed by atoms with Crippen LogP contribution in [0.2, 0.25) is 5.02 Å². The lowest BCUT2D eigenvalue weighted by atomic mass is 10.2. The minimum Gasteiger partial charge on any atom is -0.265 e. The summed E-state index contributed by atoms with van der Waals surface area (Å²) in [6.45, 7) is 0. The van der Waals surface area contributed by atoms with Crippen molar-refractivity contribution in [2.75, 3.05) is 0 Å². The highest BCUT2D eigenvalue weighted by atomic mass is 35.5. The summed E-state index contributed by atoms with van der Waals surface area (Å²) in [6, 6.07) is 8.01.